The maximum absolute atomic E-state index is 12.3. The average Bonchev–Trinajstić information content (AvgIpc) is 2.70. The Labute approximate surface area is 171 Å². The fourth-order valence-corrected chi connectivity index (χ4v) is 2.82. The van der Waals surface area contributed by atoms with E-state index in [1.54, 1.807) is 50.2 Å². The lowest BCUT2D eigenvalue weighted by atomic mass is 10.1. The fraction of sp³-hybridized carbons (Fsp3) is 0.318. The van der Waals surface area contributed by atoms with E-state index in [1.807, 2.05) is 31.2 Å². The van der Waals surface area contributed by atoms with Crippen LogP contribution in [0.5, 0.6) is 0 Å². The SMILES string of the molecule is CCN(Cc1ccccc1NCC(=O)Nc1ccc(C(=O)N(C)C)cc1)C(C)=O. The summed E-state index contributed by atoms with van der Waals surface area (Å²) in [6.45, 7) is 4.67. The molecule has 0 radical (unpaired) electrons. The maximum Gasteiger partial charge on any atom is 0.253 e. The molecule has 0 saturated carbocycles. The van der Waals surface area contributed by atoms with Gasteiger partial charge in [0.05, 0.1) is 6.54 Å². The quantitative estimate of drug-likeness (QED) is 0.719. The molecule has 0 aliphatic carbocycles. The molecule has 0 unspecified atom stereocenters. The van der Waals surface area contributed by atoms with Crippen LogP contribution < -0.4 is 10.6 Å². The molecule has 154 valence electrons. The Morgan fingerprint density at radius 3 is 2.21 bits per heavy atom. The zero-order valence-corrected chi connectivity index (χ0v) is 17.4. The van der Waals surface area contributed by atoms with Gasteiger partial charge in [-0.3, -0.25) is 14.4 Å². The van der Waals surface area contributed by atoms with E-state index in [9.17, 15) is 14.4 Å². The lowest BCUT2D eigenvalue weighted by Crippen LogP contribution is -2.28. The number of hydrogen-bond acceptors (Lipinski definition) is 4. The van der Waals surface area contributed by atoms with Crippen molar-refractivity contribution in [1.29, 1.82) is 0 Å². The summed E-state index contributed by atoms with van der Waals surface area (Å²) in [5.74, 6) is -0.283. The van der Waals surface area contributed by atoms with E-state index in [4.69, 9.17) is 0 Å². The van der Waals surface area contributed by atoms with E-state index in [0.29, 0.717) is 24.3 Å². The number of carbonyl (C=O) groups is 3. The molecule has 0 aliphatic heterocycles. The topological polar surface area (TPSA) is 81.8 Å². The maximum atomic E-state index is 12.3. The number of anilines is 2. The molecule has 0 fully saturated rings. The third kappa shape index (κ3) is 6.34. The standard InChI is InChI=1S/C22H28N4O3/c1-5-26(16(2)27)15-18-8-6-7-9-20(18)23-14-21(28)24-19-12-10-17(11-13-19)22(29)25(3)4/h6-13,23H,5,14-15H2,1-4H3,(H,24,28). The third-order valence-corrected chi connectivity index (χ3v) is 4.47. The Morgan fingerprint density at radius 1 is 0.966 bits per heavy atom. The second-order valence-electron chi connectivity index (χ2n) is 6.87. The molecular formula is C22H28N4O3. The van der Waals surface area contributed by atoms with Crippen LogP contribution in [0.2, 0.25) is 0 Å². The first-order valence-corrected chi connectivity index (χ1v) is 9.50. The van der Waals surface area contributed by atoms with Gasteiger partial charge in [0.25, 0.3) is 5.91 Å². The monoisotopic (exact) mass is 396 g/mol. The summed E-state index contributed by atoms with van der Waals surface area (Å²) in [6.07, 6.45) is 0. The van der Waals surface area contributed by atoms with Gasteiger partial charge < -0.3 is 20.4 Å². The predicted octanol–water partition coefficient (Wildman–Crippen LogP) is 2.81. The number of benzene rings is 2. The van der Waals surface area contributed by atoms with Crippen LogP contribution in [-0.2, 0) is 16.1 Å². The summed E-state index contributed by atoms with van der Waals surface area (Å²) in [5.41, 5.74) is 2.94. The van der Waals surface area contributed by atoms with Gasteiger partial charge in [-0.05, 0) is 42.8 Å². The van der Waals surface area contributed by atoms with Crippen molar-refractivity contribution in [3.05, 3.63) is 59.7 Å². The number of nitrogens with zero attached hydrogens (tertiary/aromatic N) is 2. The van der Waals surface area contributed by atoms with Crippen LogP contribution in [0.25, 0.3) is 0 Å². The van der Waals surface area contributed by atoms with Crippen LogP contribution in [0.1, 0.15) is 29.8 Å². The highest BCUT2D eigenvalue weighted by Gasteiger charge is 2.11. The third-order valence-electron chi connectivity index (χ3n) is 4.47. The molecule has 2 aromatic rings. The molecule has 2 rings (SSSR count). The number of carbonyl (C=O) groups excluding carboxylic acids is 3. The van der Waals surface area contributed by atoms with Gasteiger partial charge in [-0.15, -0.1) is 0 Å². The van der Waals surface area contributed by atoms with Crippen molar-refractivity contribution < 1.29 is 14.4 Å². The van der Waals surface area contributed by atoms with Crippen LogP contribution in [0, 0.1) is 0 Å². The van der Waals surface area contributed by atoms with Gasteiger partial charge in [-0.2, -0.15) is 0 Å². The second-order valence-corrected chi connectivity index (χ2v) is 6.87. The van der Waals surface area contributed by atoms with Crippen molar-refractivity contribution in [3.8, 4) is 0 Å². The highest BCUT2D eigenvalue weighted by atomic mass is 16.2. The summed E-state index contributed by atoms with van der Waals surface area (Å²) in [5, 5.41) is 5.94. The predicted molar refractivity (Wildman–Crippen MR) is 115 cm³/mol. The van der Waals surface area contributed by atoms with Crippen LogP contribution >= 0.6 is 0 Å². The number of amides is 3. The van der Waals surface area contributed by atoms with Crippen LogP contribution in [-0.4, -0.2) is 54.7 Å². The molecule has 2 N–H and O–H groups in total. The number of nitrogens with one attached hydrogen (secondary N) is 2. The number of para-hydroxylation sites is 1. The van der Waals surface area contributed by atoms with E-state index in [1.165, 1.54) is 4.90 Å². The Hall–Kier alpha value is -3.35. The first kappa shape index (κ1) is 21.9. The Balaban J connectivity index is 1.96. The lowest BCUT2D eigenvalue weighted by molar-refractivity contribution is -0.129. The molecule has 0 saturated heterocycles. The molecule has 7 heteroatoms. The van der Waals surface area contributed by atoms with Crippen LogP contribution in [0.15, 0.2) is 48.5 Å². The highest BCUT2D eigenvalue weighted by molar-refractivity contribution is 5.96. The van der Waals surface area contributed by atoms with E-state index >= 15 is 0 Å². The Morgan fingerprint density at radius 2 is 1.62 bits per heavy atom. The zero-order chi connectivity index (χ0) is 21.4. The summed E-state index contributed by atoms with van der Waals surface area (Å²) in [7, 11) is 3.38. The van der Waals surface area contributed by atoms with Crippen molar-refractivity contribution in [1.82, 2.24) is 9.80 Å². The van der Waals surface area contributed by atoms with Crippen molar-refractivity contribution in [2.45, 2.75) is 20.4 Å². The molecule has 2 aromatic carbocycles. The largest absolute Gasteiger partial charge is 0.376 e. The van der Waals surface area contributed by atoms with E-state index in [0.717, 1.165) is 11.3 Å². The van der Waals surface area contributed by atoms with Gasteiger partial charge in [-0.25, -0.2) is 0 Å². The van der Waals surface area contributed by atoms with Gasteiger partial charge in [0.15, 0.2) is 0 Å². The first-order valence-electron chi connectivity index (χ1n) is 9.50. The van der Waals surface area contributed by atoms with Gasteiger partial charge in [-0.1, -0.05) is 18.2 Å². The zero-order valence-electron chi connectivity index (χ0n) is 17.4. The number of hydrogen-bond donors (Lipinski definition) is 2. The summed E-state index contributed by atoms with van der Waals surface area (Å²) < 4.78 is 0. The lowest BCUT2D eigenvalue weighted by Gasteiger charge is -2.21. The number of rotatable bonds is 8. The Kier molecular flexibility index (Phi) is 7.77. The summed E-state index contributed by atoms with van der Waals surface area (Å²) >= 11 is 0. The fourth-order valence-electron chi connectivity index (χ4n) is 2.82. The molecule has 0 atom stereocenters. The summed E-state index contributed by atoms with van der Waals surface area (Å²) in [4.78, 5) is 39.1. The van der Waals surface area contributed by atoms with E-state index in [2.05, 4.69) is 10.6 Å². The normalized spacial score (nSPS) is 10.2. The van der Waals surface area contributed by atoms with Crippen molar-refractivity contribution in [2.75, 3.05) is 37.8 Å². The molecule has 0 heterocycles. The summed E-state index contributed by atoms with van der Waals surface area (Å²) in [6, 6.07) is 14.4. The Bertz CT molecular complexity index is 863. The van der Waals surface area contributed by atoms with Crippen molar-refractivity contribution >= 4 is 29.1 Å². The minimum atomic E-state index is -0.203. The average molecular weight is 396 g/mol. The minimum absolute atomic E-state index is 0.0104. The molecule has 0 bridgehead atoms. The van der Waals surface area contributed by atoms with Crippen LogP contribution in [0.4, 0.5) is 11.4 Å². The molecule has 0 spiro atoms. The van der Waals surface area contributed by atoms with Gasteiger partial charge >= 0.3 is 0 Å². The molecule has 0 aromatic heterocycles. The van der Waals surface area contributed by atoms with Gasteiger partial charge in [0, 0.05) is 51.0 Å². The van der Waals surface area contributed by atoms with E-state index < -0.39 is 0 Å². The molecule has 3 amide bonds. The highest BCUT2D eigenvalue weighted by Crippen LogP contribution is 2.17. The van der Waals surface area contributed by atoms with Crippen molar-refractivity contribution in [3.63, 3.8) is 0 Å². The molecular weight excluding hydrogens is 368 g/mol. The molecule has 0 aliphatic rings. The van der Waals surface area contributed by atoms with Crippen LogP contribution in [0.3, 0.4) is 0 Å². The first-order chi connectivity index (χ1) is 13.8. The second kappa shape index (κ2) is 10.3. The molecule has 7 nitrogen and oxygen atoms in total. The molecule has 29 heavy (non-hydrogen) atoms. The minimum Gasteiger partial charge on any atom is -0.376 e. The van der Waals surface area contributed by atoms with Gasteiger partial charge in [0.1, 0.15) is 0 Å². The van der Waals surface area contributed by atoms with Gasteiger partial charge in [0.2, 0.25) is 11.8 Å². The smallest absolute Gasteiger partial charge is 0.253 e. The van der Waals surface area contributed by atoms with E-state index in [-0.39, 0.29) is 24.3 Å². The van der Waals surface area contributed by atoms with Crippen molar-refractivity contribution in [2.24, 2.45) is 0 Å².